The minimum Gasteiger partial charge on any atom is -0.493 e. The van der Waals surface area contributed by atoms with Crippen molar-refractivity contribution in [1.29, 1.82) is 0 Å². The van der Waals surface area contributed by atoms with E-state index in [-0.39, 0.29) is 0 Å². The Balaban J connectivity index is 1.79. The Labute approximate surface area is 123 Å². The van der Waals surface area contributed by atoms with Gasteiger partial charge in [-0.15, -0.1) is 0 Å². The Hall–Kier alpha value is -2.75. The predicted octanol–water partition coefficient (Wildman–Crippen LogP) is 3.46. The van der Waals surface area contributed by atoms with Gasteiger partial charge in [0.15, 0.2) is 11.5 Å². The number of ether oxygens (including phenoxy) is 2. The molecule has 0 aliphatic rings. The monoisotopic (exact) mass is 280 g/mol. The third-order valence-corrected chi connectivity index (χ3v) is 3.15. The quantitative estimate of drug-likeness (QED) is 0.718. The van der Waals surface area contributed by atoms with Crippen LogP contribution < -0.4 is 9.47 Å². The van der Waals surface area contributed by atoms with E-state index in [0.29, 0.717) is 12.4 Å². The van der Waals surface area contributed by atoms with Gasteiger partial charge in [-0.25, -0.2) is 4.68 Å². The Morgan fingerprint density at radius 2 is 1.86 bits per heavy atom. The standard InChI is InChI=1S/C17H16N2O2/c1-20-17-12-15(19-11-5-10-18-19)8-9-16(17)21-13-14-6-3-2-4-7-14/h2-12H,13H2,1H3. The van der Waals surface area contributed by atoms with E-state index in [1.165, 1.54) is 0 Å². The number of aromatic nitrogens is 2. The van der Waals surface area contributed by atoms with E-state index in [4.69, 9.17) is 9.47 Å². The molecule has 106 valence electrons. The SMILES string of the molecule is COc1cc(-n2cccn2)ccc1OCc1ccccc1. The van der Waals surface area contributed by atoms with Gasteiger partial charge < -0.3 is 9.47 Å². The van der Waals surface area contributed by atoms with Gasteiger partial charge in [0, 0.05) is 18.5 Å². The van der Waals surface area contributed by atoms with Crippen LogP contribution in [0.15, 0.2) is 67.0 Å². The van der Waals surface area contributed by atoms with Crippen molar-refractivity contribution in [1.82, 2.24) is 9.78 Å². The molecule has 1 aromatic heterocycles. The lowest BCUT2D eigenvalue weighted by atomic mass is 10.2. The molecule has 1 heterocycles. The maximum atomic E-state index is 5.83. The number of hydrogen-bond acceptors (Lipinski definition) is 3. The van der Waals surface area contributed by atoms with E-state index in [1.54, 1.807) is 18.0 Å². The average molecular weight is 280 g/mol. The summed E-state index contributed by atoms with van der Waals surface area (Å²) in [6.45, 7) is 0.512. The summed E-state index contributed by atoms with van der Waals surface area (Å²) < 4.78 is 13.0. The predicted molar refractivity (Wildman–Crippen MR) is 80.9 cm³/mol. The molecular formula is C17H16N2O2. The lowest BCUT2D eigenvalue weighted by Gasteiger charge is -2.12. The highest BCUT2D eigenvalue weighted by Crippen LogP contribution is 2.30. The zero-order valence-corrected chi connectivity index (χ0v) is 11.8. The van der Waals surface area contributed by atoms with Crippen molar-refractivity contribution >= 4 is 0 Å². The van der Waals surface area contributed by atoms with Gasteiger partial charge >= 0.3 is 0 Å². The van der Waals surface area contributed by atoms with E-state index in [0.717, 1.165) is 17.0 Å². The van der Waals surface area contributed by atoms with Gasteiger partial charge in [-0.2, -0.15) is 5.10 Å². The lowest BCUT2D eigenvalue weighted by molar-refractivity contribution is 0.284. The largest absolute Gasteiger partial charge is 0.493 e. The number of benzene rings is 2. The molecule has 0 saturated carbocycles. The summed E-state index contributed by atoms with van der Waals surface area (Å²) in [5, 5.41) is 4.21. The van der Waals surface area contributed by atoms with Crippen molar-refractivity contribution in [2.24, 2.45) is 0 Å². The van der Waals surface area contributed by atoms with Crippen molar-refractivity contribution in [3.63, 3.8) is 0 Å². The van der Waals surface area contributed by atoms with Crippen LogP contribution in [0.4, 0.5) is 0 Å². The first-order valence-corrected chi connectivity index (χ1v) is 6.71. The van der Waals surface area contributed by atoms with Crippen LogP contribution in [0.3, 0.4) is 0 Å². The molecular weight excluding hydrogens is 264 g/mol. The molecule has 4 nitrogen and oxygen atoms in total. The normalized spacial score (nSPS) is 10.3. The maximum Gasteiger partial charge on any atom is 0.162 e. The molecule has 21 heavy (non-hydrogen) atoms. The van der Waals surface area contributed by atoms with Gasteiger partial charge in [-0.05, 0) is 23.8 Å². The van der Waals surface area contributed by atoms with Gasteiger partial charge in [-0.1, -0.05) is 30.3 Å². The smallest absolute Gasteiger partial charge is 0.162 e. The van der Waals surface area contributed by atoms with Crippen molar-refractivity contribution in [3.8, 4) is 17.2 Å². The molecule has 3 rings (SSSR count). The van der Waals surface area contributed by atoms with Crippen LogP contribution in [-0.2, 0) is 6.61 Å². The third-order valence-electron chi connectivity index (χ3n) is 3.15. The van der Waals surface area contributed by atoms with Crippen LogP contribution >= 0.6 is 0 Å². The topological polar surface area (TPSA) is 36.3 Å². The highest BCUT2D eigenvalue weighted by Gasteiger charge is 2.07. The van der Waals surface area contributed by atoms with E-state index in [2.05, 4.69) is 5.10 Å². The Kier molecular flexibility index (Phi) is 3.87. The summed E-state index contributed by atoms with van der Waals surface area (Å²) >= 11 is 0. The van der Waals surface area contributed by atoms with Gasteiger partial charge in [0.05, 0.1) is 12.8 Å². The first-order chi connectivity index (χ1) is 10.4. The summed E-state index contributed by atoms with van der Waals surface area (Å²) in [5.41, 5.74) is 2.06. The molecule has 0 aliphatic carbocycles. The second-order valence-electron chi connectivity index (χ2n) is 4.56. The fourth-order valence-corrected chi connectivity index (χ4v) is 2.07. The second-order valence-corrected chi connectivity index (χ2v) is 4.56. The highest BCUT2D eigenvalue weighted by atomic mass is 16.5. The fraction of sp³-hybridized carbons (Fsp3) is 0.118. The van der Waals surface area contributed by atoms with Gasteiger partial charge in [0.2, 0.25) is 0 Å². The minimum atomic E-state index is 0.512. The molecule has 0 atom stereocenters. The molecule has 0 saturated heterocycles. The third kappa shape index (κ3) is 3.05. The number of rotatable bonds is 5. The van der Waals surface area contributed by atoms with Crippen molar-refractivity contribution in [2.45, 2.75) is 6.61 Å². The second kappa shape index (κ2) is 6.13. The van der Waals surface area contributed by atoms with Gasteiger partial charge in [-0.3, -0.25) is 0 Å². The molecule has 0 unspecified atom stereocenters. The van der Waals surface area contributed by atoms with E-state index >= 15 is 0 Å². The fourth-order valence-electron chi connectivity index (χ4n) is 2.07. The van der Waals surface area contributed by atoms with Crippen molar-refractivity contribution in [2.75, 3.05) is 7.11 Å². The van der Waals surface area contributed by atoms with E-state index < -0.39 is 0 Å². The molecule has 0 bridgehead atoms. The summed E-state index contributed by atoms with van der Waals surface area (Å²) in [7, 11) is 1.64. The number of nitrogens with zero attached hydrogens (tertiary/aromatic N) is 2. The first kappa shape index (κ1) is 13.2. The van der Waals surface area contributed by atoms with Crippen LogP contribution in [0.2, 0.25) is 0 Å². The Morgan fingerprint density at radius 3 is 2.57 bits per heavy atom. The maximum absolute atomic E-state index is 5.83. The summed E-state index contributed by atoms with van der Waals surface area (Å²) in [4.78, 5) is 0. The summed E-state index contributed by atoms with van der Waals surface area (Å²) in [5.74, 6) is 1.41. The lowest BCUT2D eigenvalue weighted by Crippen LogP contribution is -2.00. The van der Waals surface area contributed by atoms with Crippen LogP contribution in [-0.4, -0.2) is 16.9 Å². The average Bonchev–Trinajstić information content (AvgIpc) is 3.08. The molecule has 0 fully saturated rings. The first-order valence-electron chi connectivity index (χ1n) is 6.71. The minimum absolute atomic E-state index is 0.512. The summed E-state index contributed by atoms with van der Waals surface area (Å²) in [6, 6.07) is 17.7. The molecule has 3 aromatic rings. The van der Waals surface area contributed by atoms with E-state index in [1.807, 2.05) is 60.8 Å². The van der Waals surface area contributed by atoms with Crippen LogP contribution in [0.5, 0.6) is 11.5 Å². The molecule has 4 heteroatoms. The molecule has 0 radical (unpaired) electrons. The van der Waals surface area contributed by atoms with Gasteiger partial charge in [0.25, 0.3) is 0 Å². The Bertz CT molecular complexity index is 694. The van der Waals surface area contributed by atoms with Crippen LogP contribution in [0.25, 0.3) is 5.69 Å². The highest BCUT2D eigenvalue weighted by molar-refractivity contribution is 5.48. The molecule has 0 aliphatic heterocycles. The Morgan fingerprint density at radius 1 is 1.00 bits per heavy atom. The zero-order valence-electron chi connectivity index (χ0n) is 11.8. The molecule has 0 spiro atoms. The number of hydrogen-bond donors (Lipinski definition) is 0. The van der Waals surface area contributed by atoms with Crippen molar-refractivity contribution in [3.05, 3.63) is 72.6 Å². The summed E-state index contributed by atoms with van der Waals surface area (Å²) in [6.07, 6.45) is 3.63. The zero-order chi connectivity index (χ0) is 14.5. The molecule has 0 amide bonds. The van der Waals surface area contributed by atoms with Crippen molar-refractivity contribution < 1.29 is 9.47 Å². The van der Waals surface area contributed by atoms with Crippen LogP contribution in [0, 0.1) is 0 Å². The van der Waals surface area contributed by atoms with Gasteiger partial charge in [0.1, 0.15) is 6.61 Å². The molecule has 2 aromatic carbocycles. The van der Waals surface area contributed by atoms with Crippen LogP contribution in [0.1, 0.15) is 5.56 Å². The number of methoxy groups -OCH3 is 1. The van der Waals surface area contributed by atoms with E-state index in [9.17, 15) is 0 Å². The molecule has 0 N–H and O–H groups in total.